The molecule has 0 aliphatic carbocycles. The molecule has 0 aliphatic heterocycles. The van der Waals surface area contributed by atoms with Gasteiger partial charge < -0.3 is 5.32 Å². The topological polar surface area (TPSA) is 50.7 Å². The first-order valence-electron chi connectivity index (χ1n) is 4.26. The molecular formula is C9H10N4S. The Kier molecular flexibility index (Phi) is 2.69. The lowest BCUT2D eigenvalue weighted by atomic mass is 10.3. The number of pyridine rings is 1. The summed E-state index contributed by atoms with van der Waals surface area (Å²) in [5.41, 5.74) is 3.11. The minimum absolute atomic E-state index is 0.696. The molecule has 0 amide bonds. The first kappa shape index (κ1) is 9.08. The van der Waals surface area contributed by atoms with Crippen LogP contribution in [0, 0.1) is 6.92 Å². The van der Waals surface area contributed by atoms with Crippen molar-refractivity contribution in [2.45, 2.75) is 13.5 Å². The Labute approximate surface area is 86.2 Å². The van der Waals surface area contributed by atoms with E-state index in [1.807, 2.05) is 24.6 Å². The van der Waals surface area contributed by atoms with Crippen molar-refractivity contribution in [3.8, 4) is 0 Å². The fraction of sp³-hybridized carbons (Fsp3) is 0.222. The fourth-order valence-electron chi connectivity index (χ4n) is 1.11. The maximum absolute atomic E-state index is 4.09. The molecule has 0 unspecified atom stereocenters. The van der Waals surface area contributed by atoms with Gasteiger partial charge in [0.15, 0.2) is 0 Å². The minimum Gasteiger partial charge on any atom is -0.378 e. The number of nitrogens with one attached hydrogen (secondary N) is 1. The largest absolute Gasteiger partial charge is 0.378 e. The third-order valence-electron chi connectivity index (χ3n) is 1.75. The van der Waals surface area contributed by atoms with E-state index in [-0.39, 0.29) is 0 Å². The summed E-state index contributed by atoms with van der Waals surface area (Å²) in [6.07, 6.45) is 3.63. The Morgan fingerprint density at radius 3 is 3.07 bits per heavy atom. The second kappa shape index (κ2) is 4.15. The number of hydrogen-bond donors (Lipinski definition) is 1. The van der Waals surface area contributed by atoms with Crippen LogP contribution in [0.25, 0.3) is 0 Å². The molecule has 0 spiro atoms. The van der Waals surface area contributed by atoms with Crippen LogP contribution >= 0.6 is 11.5 Å². The van der Waals surface area contributed by atoms with E-state index in [4.69, 9.17) is 0 Å². The lowest BCUT2D eigenvalue weighted by Gasteiger charge is -2.03. The average molecular weight is 206 g/mol. The van der Waals surface area contributed by atoms with E-state index in [9.17, 15) is 0 Å². The smallest absolute Gasteiger partial charge is 0.0946 e. The zero-order chi connectivity index (χ0) is 9.80. The Bertz CT molecular complexity index is 399. The van der Waals surface area contributed by atoms with Crippen LogP contribution in [0.3, 0.4) is 0 Å². The van der Waals surface area contributed by atoms with Crippen LogP contribution in [0.5, 0.6) is 0 Å². The highest BCUT2D eigenvalue weighted by molar-refractivity contribution is 7.03. The van der Waals surface area contributed by atoms with Gasteiger partial charge in [0, 0.05) is 17.8 Å². The van der Waals surface area contributed by atoms with Gasteiger partial charge in [-0.05, 0) is 30.1 Å². The van der Waals surface area contributed by atoms with Gasteiger partial charge in [0.25, 0.3) is 0 Å². The van der Waals surface area contributed by atoms with Gasteiger partial charge in [0.05, 0.1) is 17.9 Å². The first-order chi connectivity index (χ1) is 6.84. The second-order valence-electron chi connectivity index (χ2n) is 3.00. The van der Waals surface area contributed by atoms with Crippen molar-refractivity contribution < 1.29 is 0 Å². The Morgan fingerprint density at radius 1 is 1.43 bits per heavy atom. The summed E-state index contributed by atoms with van der Waals surface area (Å²) in [6.45, 7) is 2.71. The molecule has 4 nitrogen and oxygen atoms in total. The van der Waals surface area contributed by atoms with E-state index in [0.29, 0.717) is 6.54 Å². The summed E-state index contributed by atoms with van der Waals surface area (Å²) in [5, 5.41) is 9.10. The summed E-state index contributed by atoms with van der Waals surface area (Å²) in [6, 6.07) is 2.05. The molecule has 1 N–H and O–H groups in total. The van der Waals surface area contributed by atoms with Gasteiger partial charge in [-0.3, -0.25) is 4.98 Å². The van der Waals surface area contributed by atoms with E-state index in [0.717, 1.165) is 16.9 Å². The van der Waals surface area contributed by atoms with Gasteiger partial charge in [-0.1, -0.05) is 4.49 Å². The minimum atomic E-state index is 0.696. The van der Waals surface area contributed by atoms with Gasteiger partial charge in [0.1, 0.15) is 0 Å². The lowest BCUT2D eigenvalue weighted by molar-refractivity contribution is 0.996. The first-order valence-corrected chi connectivity index (χ1v) is 5.10. The SMILES string of the molecule is Cc1cncc(NCc2csnn2)c1. The zero-order valence-electron chi connectivity index (χ0n) is 7.77. The molecule has 2 aromatic heterocycles. The number of aryl methyl sites for hydroxylation is 1. The molecule has 2 heterocycles. The zero-order valence-corrected chi connectivity index (χ0v) is 8.58. The van der Waals surface area contributed by atoms with Gasteiger partial charge >= 0.3 is 0 Å². The summed E-state index contributed by atoms with van der Waals surface area (Å²) in [7, 11) is 0. The maximum Gasteiger partial charge on any atom is 0.0946 e. The van der Waals surface area contributed by atoms with Gasteiger partial charge in [-0.2, -0.15) is 0 Å². The van der Waals surface area contributed by atoms with Crippen molar-refractivity contribution in [2.75, 3.05) is 5.32 Å². The number of anilines is 1. The number of hydrogen-bond acceptors (Lipinski definition) is 5. The van der Waals surface area contributed by atoms with E-state index < -0.39 is 0 Å². The molecule has 0 bridgehead atoms. The summed E-state index contributed by atoms with van der Waals surface area (Å²) in [5.74, 6) is 0. The van der Waals surface area contributed by atoms with Crippen molar-refractivity contribution in [1.29, 1.82) is 0 Å². The molecule has 5 heteroatoms. The van der Waals surface area contributed by atoms with Crippen LogP contribution in [-0.4, -0.2) is 14.6 Å². The van der Waals surface area contributed by atoms with Crippen LogP contribution in [0.4, 0.5) is 5.69 Å². The Hall–Kier alpha value is -1.49. The van der Waals surface area contributed by atoms with Crippen molar-refractivity contribution in [2.24, 2.45) is 0 Å². The molecule has 2 aromatic rings. The van der Waals surface area contributed by atoms with E-state index in [1.54, 1.807) is 6.20 Å². The van der Waals surface area contributed by atoms with Crippen LogP contribution < -0.4 is 5.32 Å². The van der Waals surface area contributed by atoms with Gasteiger partial charge in [-0.15, -0.1) is 5.10 Å². The highest BCUT2D eigenvalue weighted by Gasteiger charge is 1.96. The van der Waals surface area contributed by atoms with Crippen molar-refractivity contribution in [3.05, 3.63) is 35.1 Å². The third-order valence-corrected chi connectivity index (χ3v) is 2.31. The molecule has 0 atom stereocenters. The molecular weight excluding hydrogens is 196 g/mol. The predicted octanol–water partition coefficient (Wildman–Crippen LogP) is 1.85. The van der Waals surface area contributed by atoms with Crippen molar-refractivity contribution >= 4 is 17.2 Å². The highest BCUT2D eigenvalue weighted by atomic mass is 32.1. The van der Waals surface area contributed by atoms with E-state index >= 15 is 0 Å². The Morgan fingerprint density at radius 2 is 2.36 bits per heavy atom. The van der Waals surface area contributed by atoms with Crippen molar-refractivity contribution in [1.82, 2.24) is 14.6 Å². The lowest BCUT2D eigenvalue weighted by Crippen LogP contribution is -2.00. The molecule has 14 heavy (non-hydrogen) atoms. The molecule has 0 aromatic carbocycles. The maximum atomic E-state index is 4.09. The summed E-state index contributed by atoms with van der Waals surface area (Å²) >= 11 is 1.36. The summed E-state index contributed by atoms with van der Waals surface area (Å²) in [4.78, 5) is 4.09. The molecule has 0 radical (unpaired) electrons. The quantitative estimate of drug-likeness (QED) is 0.832. The second-order valence-corrected chi connectivity index (χ2v) is 3.61. The third kappa shape index (κ3) is 2.26. The van der Waals surface area contributed by atoms with Crippen LogP contribution in [0.15, 0.2) is 23.8 Å². The molecule has 2 rings (SSSR count). The van der Waals surface area contributed by atoms with Gasteiger partial charge in [-0.25, -0.2) is 0 Å². The normalized spacial score (nSPS) is 10.1. The molecule has 0 saturated carbocycles. The van der Waals surface area contributed by atoms with E-state index in [1.165, 1.54) is 11.5 Å². The van der Waals surface area contributed by atoms with Crippen LogP contribution in [-0.2, 0) is 6.54 Å². The molecule has 0 aliphatic rings. The predicted molar refractivity (Wildman–Crippen MR) is 56.2 cm³/mol. The van der Waals surface area contributed by atoms with Crippen LogP contribution in [0.1, 0.15) is 11.3 Å². The van der Waals surface area contributed by atoms with Crippen molar-refractivity contribution in [3.63, 3.8) is 0 Å². The van der Waals surface area contributed by atoms with E-state index in [2.05, 4.69) is 19.9 Å². The highest BCUT2D eigenvalue weighted by Crippen LogP contribution is 2.08. The molecule has 0 fully saturated rings. The average Bonchev–Trinajstić information content (AvgIpc) is 2.67. The van der Waals surface area contributed by atoms with Gasteiger partial charge in [0.2, 0.25) is 0 Å². The number of aromatic nitrogens is 3. The molecule has 72 valence electrons. The number of rotatable bonds is 3. The summed E-state index contributed by atoms with van der Waals surface area (Å²) < 4.78 is 3.79. The monoisotopic (exact) mass is 206 g/mol. The Balaban J connectivity index is 1.98. The fourth-order valence-corrected chi connectivity index (χ4v) is 1.56. The standard InChI is InChI=1S/C9H10N4S/c1-7-2-8(4-10-3-7)11-5-9-6-14-13-12-9/h2-4,6,11H,5H2,1H3. The number of nitrogens with zero attached hydrogens (tertiary/aromatic N) is 3. The molecule has 0 saturated heterocycles. The van der Waals surface area contributed by atoms with Crippen LogP contribution in [0.2, 0.25) is 0 Å².